The maximum atomic E-state index is 12.1. The highest BCUT2D eigenvalue weighted by Gasteiger charge is 2.34. The van der Waals surface area contributed by atoms with Gasteiger partial charge in [0.15, 0.2) is 0 Å². The minimum Gasteiger partial charge on any atom is -0.469 e. The molecule has 1 aromatic carbocycles. The van der Waals surface area contributed by atoms with Crippen LogP contribution in [-0.2, 0) is 19.1 Å². The van der Waals surface area contributed by atoms with Crippen LogP contribution in [0.15, 0.2) is 24.3 Å². The summed E-state index contributed by atoms with van der Waals surface area (Å²) in [4.78, 5) is 36.8. The van der Waals surface area contributed by atoms with Crippen molar-refractivity contribution in [2.24, 2.45) is 5.92 Å². The predicted molar refractivity (Wildman–Crippen MR) is 86.2 cm³/mol. The van der Waals surface area contributed by atoms with Crippen LogP contribution in [-0.4, -0.2) is 38.0 Å². The van der Waals surface area contributed by atoms with E-state index in [0.717, 1.165) is 0 Å². The molecule has 1 fully saturated rings. The van der Waals surface area contributed by atoms with Crippen molar-refractivity contribution in [1.82, 2.24) is 5.32 Å². The number of hydrogen-bond donors (Lipinski definition) is 1. The van der Waals surface area contributed by atoms with Gasteiger partial charge in [-0.3, -0.25) is 14.4 Å². The van der Waals surface area contributed by atoms with Crippen molar-refractivity contribution in [3.8, 4) is 0 Å². The molecule has 1 aromatic rings. The zero-order chi connectivity index (χ0) is 16.8. The van der Waals surface area contributed by atoms with Crippen LogP contribution in [0, 0.1) is 5.92 Å². The summed E-state index contributed by atoms with van der Waals surface area (Å²) >= 11 is 5.94. The van der Waals surface area contributed by atoms with Gasteiger partial charge in [0.2, 0.25) is 11.8 Å². The largest absolute Gasteiger partial charge is 0.469 e. The van der Waals surface area contributed by atoms with Crippen molar-refractivity contribution in [3.05, 3.63) is 29.3 Å². The molecule has 0 spiro atoms. The zero-order valence-electron chi connectivity index (χ0n) is 12.9. The van der Waals surface area contributed by atoms with Crippen LogP contribution in [0.3, 0.4) is 0 Å². The van der Waals surface area contributed by atoms with Crippen molar-refractivity contribution < 1.29 is 19.1 Å². The normalized spacial score (nSPS) is 17.2. The van der Waals surface area contributed by atoms with Crippen molar-refractivity contribution in [2.75, 3.05) is 25.1 Å². The number of ether oxygens (including phenoxy) is 1. The highest BCUT2D eigenvalue weighted by atomic mass is 35.5. The molecular formula is C16H19ClN2O4. The van der Waals surface area contributed by atoms with E-state index in [2.05, 4.69) is 10.1 Å². The lowest BCUT2D eigenvalue weighted by atomic mass is 10.1. The number of nitrogens with one attached hydrogen (secondary N) is 1. The van der Waals surface area contributed by atoms with E-state index in [0.29, 0.717) is 30.2 Å². The Balaban J connectivity index is 1.84. The first kappa shape index (κ1) is 17.3. The van der Waals surface area contributed by atoms with Crippen LogP contribution in [0.5, 0.6) is 0 Å². The molecular weight excluding hydrogens is 320 g/mol. The topological polar surface area (TPSA) is 75.7 Å². The van der Waals surface area contributed by atoms with Gasteiger partial charge in [0.25, 0.3) is 0 Å². The predicted octanol–water partition coefficient (Wildman–Crippen LogP) is 1.76. The number of rotatable bonds is 6. The van der Waals surface area contributed by atoms with Gasteiger partial charge in [0, 0.05) is 36.6 Å². The van der Waals surface area contributed by atoms with E-state index in [1.165, 1.54) is 7.11 Å². The van der Waals surface area contributed by atoms with Gasteiger partial charge in [0.05, 0.1) is 13.0 Å². The second kappa shape index (κ2) is 7.97. The molecule has 124 valence electrons. The molecule has 23 heavy (non-hydrogen) atoms. The summed E-state index contributed by atoms with van der Waals surface area (Å²) in [6, 6.07) is 7.00. The number of hydrogen-bond acceptors (Lipinski definition) is 4. The zero-order valence-corrected chi connectivity index (χ0v) is 13.6. The monoisotopic (exact) mass is 338 g/mol. The quantitative estimate of drug-likeness (QED) is 0.633. The summed E-state index contributed by atoms with van der Waals surface area (Å²) < 4.78 is 4.53. The maximum Gasteiger partial charge on any atom is 0.305 e. The van der Waals surface area contributed by atoms with E-state index in [-0.39, 0.29) is 36.5 Å². The Morgan fingerprint density at radius 3 is 2.91 bits per heavy atom. The fourth-order valence-corrected chi connectivity index (χ4v) is 2.65. The Bertz CT molecular complexity index is 605. The van der Waals surface area contributed by atoms with Crippen LogP contribution < -0.4 is 10.2 Å². The molecule has 1 N–H and O–H groups in total. The molecule has 2 rings (SSSR count). The number of benzene rings is 1. The number of carbonyl (C=O) groups excluding carboxylic acids is 3. The molecule has 1 aliphatic rings. The van der Waals surface area contributed by atoms with Crippen LogP contribution in [0.4, 0.5) is 5.69 Å². The third-order valence-electron chi connectivity index (χ3n) is 3.70. The number of esters is 1. The van der Waals surface area contributed by atoms with Crippen molar-refractivity contribution >= 4 is 35.1 Å². The Kier molecular flexibility index (Phi) is 5.98. The average molecular weight is 339 g/mol. The standard InChI is InChI=1S/C16H19ClN2O4/c1-23-15(21)6-3-7-18-16(22)11-8-14(20)19(10-11)13-5-2-4-12(17)9-13/h2,4-5,9,11H,3,6-8,10H2,1H3,(H,18,22)/t11-/m1/s1. The van der Waals surface area contributed by atoms with Gasteiger partial charge >= 0.3 is 5.97 Å². The Labute approximate surface area is 139 Å². The van der Waals surface area contributed by atoms with E-state index in [4.69, 9.17) is 11.6 Å². The molecule has 0 aromatic heterocycles. The van der Waals surface area contributed by atoms with E-state index in [9.17, 15) is 14.4 Å². The minimum atomic E-state index is -0.389. The van der Waals surface area contributed by atoms with Crippen LogP contribution in [0.25, 0.3) is 0 Å². The first-order valence-corrected chi connectivity index (χ1v) is 7.79. The highest BCUT2D eigenvalue weighted by Crippen LogP contribution is 2.27. The molecule has 0 radical (unpaired) electrons. The lowest BCUT2D eigenvalue weighted by molar-refractivity contribution is -0.140. The third kappa shape index (κ3) is 4.69. The van der Waals surface area contributed by atoms with Crippen molar-refractivity contribution in [2.45, 2.75) is 19.3 Å². The molecule has 6 nitrogen and oxygen atoms in total. The molecule has 0 aliphatic carbocycles. The fraction of sp³-hybridized carbons (Fsp3) is 0.438. The van der Waals surface area contributed by atoms with Gasteiger partial charge in [-0.15, -0.1) is 0 Å². The number of nitrogens with zero attached hydrogens (tertiary/aromatic N) is 1. The summed E-state index contributed by atoms with van der Waals surface area (Å²) in [6.07, 6.45) is 0.946. The third-order valence-corrected chi connectivity index (χ3v) is 3.94. The SMILES string of the molecule is COC(=O)CCCNC(=O)[C@@H]1CC(=O)N(c2cccc(Cl)c2)C1. The van der Waals surface area contributed by atoms with Crippen LogP contribution in [0.2, 0.25) is 5.02 Å². The molecule has 7 heteroatoms. The van der Waals surface area contributed by atoms with E-state index < -0.39 is 0 Å². The van der Waals surface area contributed by atoms with E-state index in [1.807, 2.05) is 0 Å². The molecule has 1 aliphatic heterocycles. The van der Waals surface area contributed by atoms with Gasteiger partial charge in [-0.25, -0.2) is 0 Å². The maximum absolute atomic E-state index is 12.1. The van der Waals surface area contributed by atoms with Gasteiger partial charge in [-0.05, 0) is 24.6 Å². The second-order valence-corrected chi connectivity index (χ2v) is 5.79. The highest BCUT2D eigenvalue weighted by molar-refractivity contribution is 6.30. The van der Waals surface area contributed by atoms with Gasteiger partial charge in [0.1, 0.15) is 0 Å². The van der Waals surface area contributed by atoms with Gasteiger partial charge in [-0.1, -0.05) is 17.7 Å². The number of methoxy groups -OCH3 is 1. The molecule has 1 saturated heterocycles. The smallest absolute Gasteiger partial charge is 0.305 e. The first-order chi connectivity index (χ1) is 11.0. The number of amides is 2. The van der Waals surface area contributed by atoms with Crippen molar-refractivity contribution in [1.29, 1.82) is 0 Å². The first-order valence-electron chi connectivity index (χ1n) is 7.41. The summed E-state index contributed by atoms with van der Waals surface area (Å²) in [6.45, 7) is 0.720. The molecule has 0 bridgehead atoms. The second-order valence-electron chi connectivity index (χ2n) is 5.36. The van der Waals surface area contributed by atoms with Gasteiger partial charge < -0.3 is 15.0 Å². The Morgan fingerprint density at radius 1 is 1.43 bits per heavy atom. The Hall–Kier alpha value is -2.08. The molecule has 1 heterocycles. The van der Waals surface area contributed by atoms with Crippen LogP contribution in [0.1, 0.15) is 19.3 Å². The van der Waals surface area contributed by atoms with E-state index in [1.54, 1.807) is 29.2 Å². The Morgan fingerprint density at radius 2 is 2.22 bits per heavy atom. The summed E-state index contributed by atoms with van der Waals surface area (Å²) in [7, 11) is 1.33. The van der Waals surface area contributed by atoms with Crippen LogP contribution >= 0.6 is 11.6 Å². The molecule has 0 unspecified atom stereocenters. The molecule has 1 atom stereocenters. The van der Waals surface area contributed by atoms with Gasteiger partial charge in [-0.2, -0.15) is 0 Å². The van der Waals surface area contributed by atoms with E-state index >= 15 is 0 Å². The number of carbonyl (C=O) groups is 3. The van der Waals surface area contributed by atoms with Crippen molar-refractivity contribution in [3.63, 3.8) is 0 Å². The number of halogens is 1. The summed E-state index contributed by atoms with van der Waals surface area (Å²) in [5, 5.41) is 3.30. The summed E-state index contributed by atoms with van der Waals surface area (Å²) in [5.74, 6) is -0.961. The number of anilines is 1. The summed E-state index contributed by atoms with van der Waals surface area (Å²) in [5.41, 5.74) is 0.698. The average Bonchev–Trinajstić information content (AvgIpc) is 2.93. The fourth-order valence-electron chi connectivity index (χ4n) is 2.47. The molecule has 2 amide bonds. The molecule has 0 saturated carbocycles. The lowest BCUT2D eigenvalue weighted by Crippen LogP contribution is -2.33. The minimum absolute atomic E-state index is 0.0954. The lowest BCUT2D eigenvalue weighted by Gasteiger charge is -2.17.